The Hall–Kier alpha value is -2.11. The molecule has 0 atom stereocenters. The number of nitrogens with zero attached hydrogens (tertiary/aromatic N) is 2. The minimum absolute atomic E-state index is 0.115. The van der Waals surface area contributed by atoms with E-state index in [1.165, 1.54) is 20.4 Å². The first-order chi connectivity index (χ1) is 7.65. The third kappa shape index (κ3) is 2.10. The molecule has 0 aliphatic carbocycles. The van der Waals surface area contributed by atoms with Gasteiger partial charge in [-0.1, -0.05) is 6.08 Å². The zero-order valence-electron chi connectivity index (χ0n) is 9.28. The second kappa shape index (κ2) is 5.11. The zero-order valence-corrected chi connectivity index (χ0v) is 9.28. The number of carbonyl (C=O) groups excluding carboxylic acids is 2. The standard InChI is InChI=1S/C10H14N4O2/c1-4-5-14-6-13-7(9(15)11-2)8(14)10(16)12-3/h4,6H,1,5H2,2-3H3,(H,11,15)(H,12,16). The summed E-state index contributed by atoms with van der Waals surface area (Å²) in [5, 5.41) is 4.91. The SMILES string of the molecule is C=CCn1cnc(C(=O)NC)c1C(=O)NC. The minimum Gasteiger partial charge on any atom is -0.354 e. The molecule has 6 heteroatoms. The van der Waals surface area contributed by atoms with Gasteiger partial charge in [0, 0.05) is 20.6 Å². The summed E-state index contributed by atoms with van der Waals surface area (Å²) in [5.41, 5.74) is 0.352. The quantitative estimate of drug-likeness (QED) is 0.692. The number of hydrogen-bond acceptors (Lipinski definition) is 3. The average Bonchev–Trinajstić information content (AvgIpc) is 2.71. The van der Waals surface area contributed by atoms with E-state index in [0.717, 1.165) is 0 Å². The van der Waals surface area contributed by atoms with Crippen LogP contribution in [-0.2, 0) is 6.54 Å². The molecule has 6 nitrogen and oxygen atoms in total. The van der Waals surface area contributed by atoms with Crippen LogP contribution in [0.25, 0.3) is 0 Å². The molecule has 2 N–H and O–H groups in total. The Morgan fingerprint density at radius 2 is 2.06 bits per heavy atom. The van der Waals surface area contributed by atoms with Gasteiger partial charge in [-0.05, 0) is 0 Å². The van der Waals surface area contributed by atoms with Crippen LogP contribution in [-0.4, -0.2) is 35.5 Å². The molecule has 0 radical (unpaired) electrons. The van der Waals surface area contributed by atoms with Crippen molar-refractivity contribution in [1.29, 1.82) is 0 Å². The third-order valence-corrected chi connectivity index (χ3v) is 2.05. The van der Waals surface area contributed by atoms with E-state index in [1.807, 2.05) is 0 Å². The highest BCUT2D eigenvalue weighted by Gasteiger charge is 2.21. The van der Waals surface area contributed by atoms with Gasteiger partial charge in [-0.2, -0.15) is 0 Å². The normalized spacial score (nSPS) is 9.62. The summed E-state index contributed by atoms with van der Waals surface area (Å²) in [6.07, 6.45) is 3.07. The Morgan fingerprint density at radius 1 is 1.44 bits per heavy atom. The third-order valence-electron chi connectivity index (χ3n) is 2.05. The Bertz CT molecular complexity index is 422. The number of rotatable bonds is 4. The monoisotopic (exact) mass is 222 g/mol. The molecule has 0 fully saturated rings. The van der Waals surface area contributed by atoms with Crippen LogP contribution in [0.2, 0.25) is 0 Å². The highest BCUT2D eigenvalue weighted by atomic mass is 16.2. The lowest BCUT2D eigenvalue weighted by molar-refractivity contribution is 0.0921. The van der Waals surface area contributed by atoms with Gasteiger partial charge in [0.25, 0.3) is 11.8 Å². The molecule has 16 heavy (non-hydrogen) atoms. The van der Waals surface area contributed by atoms with Crippen molar-refractivity contribution in [3.63, 3.8) is 0 Å². The average molecular weight is 222 g/mol. The lowest BCUT2D eigenvalue weighted by atomic mass is 10.3. The van der Waals surface area contributed by atoms with Crippen LogP contribution in [0, 0.1) is 0 Å². The fourth-order valence-corrected chi connectivity index (χ4v) is 1.30. The largest absolute Gasteiger partial charge is 0.354 e. The lowest BCUT2D eigenvalue weighted by Crippen LogP contribution is -2.27. The van der Waals surface area contributed by atoms with Crippen LogP contribution in [0.5, 0.6) is 0 Å². The summed E-state index contributed by atoms with van der Waals surface area (Å²) in [5.74, 6) is -0.737. The molecule has 0 aliphatic rings. The van der Waals surface area contributed by atoms with Crippen molar-refractivity contribution in [3.05, 3.63) is 30.4 Å². The van der Waals surface area contributed by atoms with Gasteiger partial charge in [0.1, 0.15) is 5.69 Å². The molecule has 0 saturated heterocycles. The summed E-state index contributed by atoms with van der Waals surface area (Å²) in [7, 11) is 2.99. The summed E-state index contributed by atoms with van der Waals surface area (Å²) >= 11 is 0. The molecule has 0 aromatic carbocycles. The van der Waals surface area contributed by atoms with Crippen LogP contribution in [0.1, 0.15) is 21.0 Å². The van der Waals surface area contributed by atoms with Gasteiger partial charge in [0.05, 0.1) is 6.33 Å². The number of carbonyl (C=O) groups is 2. The number of amides is 2. The van der Waals surface area contributed by atoms with Gasteiger partial charge in [-0.25, -0.2) is 4.98 Å². The molecule has 0 aliphatic heterocycles. The molecule has 1 heterocycles. The van der Waals surface area contributed by atoms with Crippen LogP contribution in [0.15, 0.2) is 19.0 Å². The van der Waals surface area contributed by atoms with Gasteiger partial charge in [0.15, 0.2) is 5.69 Å². The van der Waals surface area contributed by atoms with Gasteiger partial charge < -0.3 is 15.2 Å². The summed E-state index contributed by atoms with van der Waals surface area (Å²) in [4.78, 5) is 27.0. The van der Waals surface area contributed by atoms with E-state index in [0.29, 0.717) is 6.54 Å². The van der Waals surface area contributed by atoms with E-state index >= 15 is 0 Å². The van der Waals surface area contributed by atoms with Crippen LogP contribution < -0.4 is 10.6 Å². The van der Waals surface area contributed by atoms with E-state index in [9.17, 15) is 9.59 Å². The topological polar surface area (TPSA) is 76.0 Å². The maximum absolute atomic E-state index is 11.6. The predicted octanol–water partition coefficient (Wildman–Crippen LogP) is -0.212. The second-order valence-corrected chi connectivity index (χ2v) is 3.04. The molecule has 0 spiro atoms. The number of aromatic nitrogens is 2. The Kier molecular flexibility index (Phi) is 3.82. The second-order valence-electron chi connectivity index (χ2n) is 3.04. The minimum atomic E-state index is -0.388. The Labute approximate surface area is 93.4 Å². The summed E-state index contributed by atoms with van der Waals surface area (Å²) in [6.45, 7) is 4.00. The van der Waals surface area contributed by atoms with Crippen LogP contribution >= 0.6 is 0 Å². The van der Waals surface area contributed by atoms with Crippen molar-refractivity contribution < 1.29 is 9.59 Å². The number of hydrogen-bond donors (Lipinski definition) is 2. The predicted molar refractivity (Wildman–Crippen MR) is 59.2 cm³/mol. The van der Waals surface area contributed by atoms with E-state index in [4.69, 9.17) is 0 Å². The summed E-state index contributed by atoms with van der Waals surface area (Å²) < 4.78 is 1.57. The van der Waals surface area contributed by atoms with E-state index < -0.39 is 0 Å². The molecule has 86 valence electrons. The molecule has 0 saturated carbocycles. The van der Waals surface area contributed by atoms with Crippen molar-refractivity contribution in [2.45, 2.75) is 6.54 Å². The van der Waals surface area contributed by atoms with Crippen LogP contribution in [0.4, 0.5) is 0 Å². The summed E-state index contributed by atoms with van der Waals surface area (Å²) in [6, 6.07) is 0. The van der Waals surface area contributed by atoms with Crippen molar-refractivity contribution in [3.8, 4) is 0 Å². The maximum Gasteiger partial charge on any atom is 0.272 e. The van der Waals surface area contributed by atoms with Crippen molar-refractivity contribution in [2.24, 2.45) is 0 Å². The number of imidazole rings is 1. The van der Waals surface area contributed by atoms with Crippen molar-refractivity contribution in [2.75, 3.05) is 14.1 Å². The number of allylic oxidation sites excluding steroid dienone is 1. The van der Waals surface area contributed by atoms with Gasteiger partial charge in [-0.15, -0.1) is 6.58 Å². The first-order valence-electron chi connectivity index (χ1n) is 4.75. The molecule has 1 aromatic heterocycles. The number of nitrogens with one attached hydrogen (secondary N) is 2. The molecular weight excluding hydrogens is 208 g/mol. The zero-order chi connectivity index (χ0) is 12.1. The smallest absolute Gasteiger partial charge is 0.272 e. The van der Waals surface area contributed by atoms with Crippen molar-refractivity contribution in [1.82, 2.24) is 20.2 Å². The fourth-order valence-electron chi connectivity index (χ4n) is 1.30. The van der Waals surface area contributed by atoms with Gasteiger partial charge >= 0.3 is 0 Å². The molecule has 1 rings (SSSR count). The first kappa shape index (κ1) is 12.0. The maximum atomic E-state index is 11.6. The van der Waals surface area contributed by atoms with E-state index in [1.54, 1.807) is 10.6 Å². The van der Waals surface area contributed by atoms with Crippen molar-refractivity contribution >= 4 is 11.8 Å². The highest BCUT2D eigenvalue weighted by molar-refractivity contribution is 6.04. The van der Waals surface area contributed by atoms with Crippen LogP contribution in [0.3, 0.4) is 0 Å². The molecule has 0 unspecified atom stereocenters. The molecule has 2 amide bonds. The van der Waals surface area contributed by atoms with E-state index in [-0.39, 0.29) is 23.2 Å². The first-order valence-corrected chi connectivity index (χ1v) is 4.75. The Balaban J connectivity index is 3.23. The van der Waals surface area contributed by atoms with Gasteiger partial charge in [0.2, 0.25) is 0 Å². The lowest BCUT2D eigenvalue weighted by Gasteiger charge is -2.05. The van der Waals surface area contributed by atoms with E-state index in [2.05, 4.69) is 22.2 Å². The molecule has 1 aromatic rings. The van der Waals surface area contributed by atoms with Gasteiger partial charge in [-0.3, -0.25) is 9.59 Å². The molecular formula is C10H14N4O2. The Morgan fingerprint density at radius 3 is 2.56 bits per heavy atom. The highest BCUT2D eigenvalue weighted by Crippen LogP contribution is 2.08. The fraction of sp³-hybridized carbons (Fsp3) is 0.300. The molecule has 0 bridgehead atoms.